The molecule has 0 atom stereocenters. The topological polar surface area (TPSA) is 72.2 Å². The third-order valence-corrected chi connectivity index (χ3v) is 4.59. The van der Waals surface area contributed by atoms with Crippen LogP contribution < -0.4 is 5.32 Å². The lowest BCUT2D eigenvalue weighted by molar-refractivity contribution is 0.0946. The zero-order valence-electron chi connectivity index (χ0n) is 14.9. The molecule has 2 aromatic carbocycles. The Hall–Kier alpha value is -3.32. The molecule has 8 heteroatoms. The van der Waals surface area contributed by atoms with Gasteiger partial charge < -0.3 is 5.32 Å². The third kappa shape index (κ3) is 3.44. The van der Waals surface area contributed by atoms with Crippen LogP contribution in [0.15, 0.2) is 54.6 Å². The van der Waals surface area contributed by atoms with Gasteiger partial charge in [0.05, 0.1) is 22.8 Å². The number of amides is 1. The highest BCUT2D eigenvalue weighted by atomic mass is 35.5. The quantitative estimate of drug-likeness (QED) is 0.570. The fraction of sp³-hybridized carbons (Fsp3) is 0.100. The van der Waals surface area contributed by atoms with Gasteiger partial charge in [-0.3, -0.25) is 4.79 Å². The van der Waals surface area contributed by atoms with Crippen LogP contribution in [0.2, 0.25) is 5.02 Å². The molecule has 0 aliphatic carbocycles. The first-order chi connectivity index (χ1) is 13.5. The van der Waals surface area contributed by atoms with Gasteiger partial charge in [-0.1, -0.05) is 47.5 Å². The highest BCUT2D eigenvalue weighted by molar-refractivity contribution is 6.33. The van der Waals surface area contributed by atoms with Crippen molar-refractivity contribution in [3.05, 3.63) is 82.4 Å². The van der Waals surface area contributed by atoms with Gasteiger partial charge in [-0.05, 0) is 31.2 Å². The number of benzene rings is 2. The molecule has 140 valence electrons. The number of carbonyl (C=O) groups excluding carboxylic acids is 1. The maximum absolute atomic E-state index is 13.9. The Morgan fingerprint density at radius 1 is 1.11 bits per heavy atom. The van der Waals surface area contributed by atoms with Crippen LogP contribution in [0.1, 0.15) is 21.7 Å². The van der Waals surface area contributed by atoms with Crippen LogP contribution in [0.5, 0.6) is 0 Å². The Bertz CT molecular complexity index is 1150. The van der Waals surface area contributed by atoms with Crippen LogP contribution in [-0.4, -0.2) is 25.7 Å². The van der Waals surface area contributed by atoms with E-state index in [4.69, 9.17) is 11.6 Å². The summed E-state index contributed by atoms with van der Waals surface area (Å²) in [4.78, 5) is 12.3. The molecule has 0 unspecified atom stereocenters. The van der Waals surface area contributed by atoms with Gasteiger partial charge in [-0.2, -0.15) is 9.61 Å². The molecule has 28 heavy (non-hydrogen) atoms. The van der Waals surface area contributed by atoms with Crippen LogP contribution >= 0.6 is 11.6 Å². The summed E-state index contributed by atoms with van der Waals surface area (Å²) in [6.45, 7) is 2.04. The van der Waals surface area contributed by atoms with Crippen molar-refractivity contribution in [3.8, 4) is 11.3 Å². The molecule has 1 N–H and O–H groups in total. The first-order valence-electron chi connectivity index (χ1n) is 8.53. The highest BCUT2D eigenvalue weighted by Crippen LogP contribution is 2.20. The number of nitrogens with zero attached hydrogens (tertiary/aromatic N) is 4. The van der Waals surface area contributed by atoms with E-state index in [-0.39, 0.29) is 17.1 Å². The number of hydrogen-bond acceptors (Lipinski definition) is 4. The van der Waals surface area contributed by atoms with Crippen molar-refractivity contribution in [3.63, 3.8) is 0 Å². The summed E-state index contributed by atoms with van der Waals surface area (Å²) in [6, 6.07) is 15.7. The number of aryl methyl sites for hydroxylation is 1. The second kappa shape index (κ2) is 7.36. The lowest BCUT2D eigenvalue weighted by atomic mass is 10.1. The minimum absolute atomic E-state index is 0.0228. The molecule has 6 nitrogen and oxygen atoms in total. The highest BCUT2D eigenvalue weighted by Gasteiger charge is 2.17. The summed E-state index contributed by atoms with van der Waals surface area (Å²) in [6.07, 6.45) is 0. The Morgan fingerprint density at radius 2 is 1.89 bits per heavy atom. The minimum atomic E-state index is -0.684. The lowest BCUT2D eigenvalue weighted by Crippen LogP contribution is -2.25. The Balaban J connectivity index is 1.60. The zero-order valence-corrected chi connectivity index (χ0v) is 15.6. The van der Waals surface area contributed by atoms with Crippen LogP contribution in [0.4, 0.5) is 4.39 Å². The van der Waals surface area contributed by atoms with Gasteiger partial charge in [0, 0.05) is 5.56 Å². The summed E-state index contributed by atoms with van der Waals surface area (Å²) in [5.41, 5.74) is 3.20. The van der Waals surface area contributed by atoms with Gasteiger partial charge in [0.2, 0.25) is 0 Å². The molecule has 4 aromatic rings. The second-order valence-electron chi connectivity index (χ2n) is 6.25. The molecule has 0 aliphatic rings. The number of nitrogens with one attached hydrogen (secondary N) is 1. The van der Waals surface area contributed by atoms with E-state index < -0.39 is 11.7 Å². The fourth-order valence-electron chi connectivity index (χ4n) is 2.78. The van der Waals surface area contributed by atoms with Crippen LogP contribution in [0.3, 0.4) is 0 Å². The van der Waals surface area contributed by atoms with Crippen molar-refractivity contribution in [2.24, 2.45) is 0 Å². The summed E-state index contributed by atoms with van der Waals surface area (Å²) in [7, 11) is 0. The number of fused-ring (bicyclic) bond motifs is 1. The van der Waals surface area contributed by atoms with Gasteiger partial charge in [-0.25, -0.2) is 4.39 Å². The van der Waals surface area contributed by atoms with Crippen molar-refractivity contribution < 1.29 is 9.18 Å². The molecule has 0 spiro atoms. The third-order valence-electron chi connectivity index (χ3n) is 4.27. The van der Waals surface area contributed by atoms with Crippen LogP contribution in [0.25, 0.3) is 16.9 Å². The normalized spacial score (nSPS) is 11.0. The van der Waals surface area contributed by atoms with Gasteiger partial charge in [0.15, 0.2) is 11.5 Å². The smallest absolute Gasteiger partial charge is 0.256 e. The van der Waals surface area contributed by atoms with E-state index in [1.807, 2.05) is 37.3 Å². The molecule has 0 fully saturated rings. The summed E-state index contributed by atoms with van der Waals surface area (Å²) in [5, 5.41) is 15.3. The lowest BCUT2D eigenvalue weighted by Gasteiger charge is -2.07. The van der Waals surface area contributed by atoms with Crippen molar-refractivity contribution in [1.82, 2.24) is 25.1 Å². The minimum Gasteiger partial charge on any atom is -0.345 e. The molecule has 0 saturated heterocycles. The first kappa shape index (κ1) is 18.1. The average molecular weight is 396 g/mol. The molecule has 0 bridgehead atoms. The summed E-state index contributed by atoms with van der Waals surface area (Å²) >= 11 is 5.93. The van der Waals surface area contributed by atoms with Crippen LogP contribution in [0, 0.1) is 12.7 Å². The summed E-state index contributed by atoms with van der Waals surface area (Å²) < 4.78 is 15.5. The van der Waals surface area contributed by atoms with E-state index >= 15 is 0 Å². The number of carbonyl (C=O) groups is 1. The fourth-order valence-corrected chi connectivity index (χ4v) is 3.03. The Kier molecular flexibility index (Phi) is 4.75. The predicted molar refractivity (Wildman–Crippen MR) is 104 cm³/mol. The van der Waals surface area contributed by atoms with E-state index in [9.17, 15) is 9.18 Å². The maximum Gasteiger partial charge on any atom is 0.256 e. The van der Waals surface area contributed by atoms with E-state index in [1.165, 1.54) is 18.2 Å². The van der Waals surface area contributed by atoms with Crippen molar-refractivity contribution >= 4 is 23.2 Å². The van der Waals surface area contributed by atoms with Crippen molar-refractivity contribution in [2.45, 2.75) is 13.5 Å². The predicted octanol–water partition coefficient (Wildman–Crippen LogP) is 3.82. The molecule has 1 amide bonds. The van der Waals surface area contributed by atoms with Gasteiger partial charge >= 0.3 is 0 Å². The maximum atomic E-state index is 13.9. The number of aromatic nitrogens is 4. The zero-order chi connectivity index (χ0) is 19.7. The first-order valence-corrected chi connectivity index (χ1v) is 8.91. The molecule has 0 aliphatic heterocycles. The monoisotopic (exact) mass is 395 g/mol. The second-order valence-corrected chi connectivity index (χ2v) is 6.66. The Morgan fingerprint density at radius 3 is 2.64 bits per heavy atom. The molecule has 2 aromatic heterocycles. The average Bonchev–Trinajstić information content (AvgIpc) is 3.09. The van der Waals surface area contributed by atoms with E-state index in [1.54, 1.807) is 10.6 Å². The number of hydrogen-bond donors (Lipinski definition) is 1. The van der Waals surface area contributed by atoms with Gasteiger partial charge in [0.1, 0.15) is 5.82 Å². The number of rotatable bonds is 4. The van der Waals surface area contributed by atoms with E-state index in [2.05, 4.69) is 20.6 Å². The van der Waals surface area contributed by atoms with Crippen LogP contribution in [-0.2, 0) is 6.54 Å². The Labute approximate surface area is 165 Å². The van der Waals surface area contributed by atoms with Gasteiger partial charge in [0.25, 0.3) is 5.91 Å². The molecule has 4 rings (SSSR count). The van der Waals surface area contributed by atoms with Crippen molar-refractivity contribution in [1.29, 1.82) is 0 Å². The molecule has 0 saturated carbocycles. The summed E-state index contributed by atoms with van der Waals surface area (Å²) in [5.74, 6) is -0.893. The molecular weight excluding hydrogens is 381 g/mol. The molecular formula is C20H15ClFN5O. The van der Waals surface area contributed by atoms with Crippen molar-refractivity contribution in [2.75, 3.05) is 0 Å². The molecule has 0 radical (unpaired) electrons. The van der Waals surface area contributed by atoms with Gasteiger partial charge in [-0.15, -0.1) is 10.2 Å². The van der Waals surface area contributed by atoms with E-state index in [0.717, 1.165) is 16.8 Å². The SMILES string of the molecule is Cc1ccc(-c2ccc3nnc(CNC(=O)c4c(F)cccc4Cl)n3n2)cc1. The molecule has 2 heterocycles. The number of halogens is 2. The standard InChI is InChI=1S/C20H15ClFN5O/c1-12-5-7-13(8-6-12)16-9-10-17-24-25-18(27(17)26-16)11-23-20(28)19-14(21)3-2-4-15(19)22/h2-10H,11H2,1H3,(H,23,28). The largest absolute Gasteiger partial charge is 0.345 e. The van der Waals surface area contributed by atoms with E-state index in [0.29, 0.717) is 11.5 Å².